The first-order valence-corrected chi connectivity index (χ1v) is 6.77. The summed E-state index contributed by atoms with van der Waals surface area (Å²) >= 11 is 1.67. The standard InChI is InChI=1S/C13H14N2O3S/c16-8-11-12(13(17)18)14-9-15(11)6-7-19-10-4-2-1-3-5-10/h1-5,9,16H,6-8H2,(H,17,18). The summed E-state index contributed by atoms with van der Waals surface area (Å²) in [5.74, 6) is -0.328. The van der Waals surface area contributed by atoms with E-state index in [1.165, 1.54) is 6.33 Å². The van der Waals surface area contributed by atoms with Gasteiger partial charge in [-0.1, -0.05) is 18.2 Å². The average Bonchev–Trinajstić information content (AvgIpc) is 2.83. The second kappa shape index (κ2) is 6.40. The van der Waals surface area contributed by atoms with Crippen molar-refractivity contribution in [2.45, 2.75) is 18.0 Å². The minimum Gasteiger partial charge on any atom is -0.476 e. The third-order valence-electron chi connectivity index (χ3n) is 2.64. The van der Waals surface area contributed by atoms with Gasteiger partial charge < -0.3 is 14.8 Å². The molecule has 0 saturated carbocycles. The first-order valence-electron chi connectivity index (χ1n) is 5.78. The summed E-state index contributed by atoms with van der Waals surface area (Å²) in [7, 11) is 0. The second-order valence-corrected chi connectivity index (χ2v) is 5.03. The molecule has 100 valence electrons. The van der Waals surface area contributed by atoms with Crippen LogP contribution in [0.1, 0.15) is 16.2 Å². The summed E-state index contributed by atoms with van der Waals surface area (Å²) in [6.07, 6.45) is 1.46. The maximum atomic E-state index is 10.9. The van der Waals surface area contributed by atoms with Gasteiger partial charge in [-0.2, -0.15) is 0 Å². The Morgan fingerprint density at radius 2 is 2.05 bits per heavy atom. The number of aromatic nitrogens is 2. The number of imidazole rings is 1. The monoisotopic (exact) mass is 278 g/mol. The fourth-order valence-corrected chi connectivity index (χ4v) is 2.60. The van der Waals surface area contributed by atoms with Crippen LogP contribution in [0.4, 0.5) is 0 Å². The predicted molar refractivity (Wildman–Crippen MR) is 72.3 cm³/mol. The van der Waals surface area contributed by atoms with Crippen molar-refractivity contribution in [2.24, 2.45) is 0 Å². The SMILES string of the molecule is O=C(O)c1ncn(CCSc2ccccc2)c1CO. The Kier molecular flexibility index (Phi) is 4.59. The molecular formula is C13H14N2O3S. The van der Waals surface area contributed by atoms with Crippen molar-refractivity contribution in [1.82, 2.24) is 9.55 Å². The number of benzene rings is 1. The summed E-state index contributed by atoms with van der Waals surface area (Å²) in [6, 6.07) is 9.95. The van der Waals surface area contributed by atoms with Crippen LogP contribution in [0.3, 0.4) is 0 Å². The Morgan fingerprint density at radius 1 is 1.32 bits per heavy atom. The van der Waals surface area contributed by atoms with E-state index in [0.717, 1.165) is 10.6 Å². The van der Waals surface area contributed by atoms with E-state index in [1.807, 2.05) is 30.3 Å². The molecule has 0 fully saturated rings. The molecule has 0 bridgehead atoms. The van der Waals surface area contributed by atoms with Crippen LogP contribution in [0.5, 0.6) is 0 Å². The molecule has 0 aliphatic carbocycles. The number of nitrogens with zero attached hydrogens (tertiary/aromatic N) is 2. The molecule has 0 aliphatic rings. The number of thioether (sulfide) groups is 1. The van der Waals surface area contributed by atoms with Gasteiger partial charge in [0.1, 0.15) is 0 Å². The molecule has 0 amide bonds. The highest BCUT2D eigenvalue weighted by Crippen LogP contribution is 2.18. The Hall–Kier alpha value is -1.79. The zero-order valence-electron chi connectivity index (χ0n) is 10.2. The number of aromatic carboxylic acids is 1. The predicted octanol–water partition coefficient (Wildman–Crippen LogP) is 1.87. The molecule has 6 heteroatoms. The largest absolute Gasteiger partial charge is 0.476 e. The minimum absolute atomic E-state index is 0.0767. The summed E-state index contributed by atoms with van der Waals surface area (Å²) in [5, 5.41) is 18.1. The second-order valence-electron chi connectivity index (χ2n) is 3.86. The molecule has 0 aliphatic heterocycles. The maximum Gasteiger partial charge on any atom is 0.356 e. The van der Waals surface area contributed by atoms with E-state index in [0.29, 0.717) is 12.2 Å². The average molecular weight is 278 g/mol. The Balaban J connectivity index is 1.98. The van der Waals surface area contributed by atoms with Crippen molar-refractivity contribution in [2.75, 3.05) is 5.75 Å². The number of carbonyl (C=O) groups is 1. The number of aliphatic hydroxyl groups is 1. The molecule has 2 N–H and O–H groups in total. The third-order valence-corrected chi connectivity index (χ3v) is 3.63. The lowest BCUT2D eigenvalue weighted by Gasteiger charge is -2.06. The van der Waals surface area contributed by atoms with Gasteiger partial charge in [0.2, 0.25) is 0 Å². The minimum atomic E-state index is -1.11. The smallest absolute Gasteiger partial charge is 0.356 e. The summed E-state index contributed by atoms with van der Waals surface area (Å²) in [5.41, 5.74) is 0.272. The van der Waals surface area contributed by atoms with E-state index in [4.69, 9.17) is 5.11 Å². The molecule has 1 aromatic heterocycles. The Bertz CT molecular complexity index is 554. The van der Waals surface area contributed by atoms with E-state index in [9.17, 15) is 9.90 Å². The molecule has 2 rings (SSSR count). The highest BCUT2D eigenvalue weighted by molar-refractivity contribution is 7.99. The Labute approximate surface area is 114 Å². The van der Waals surface area contributed by atoms with Gasteiger partial charge in [0.05, 0.1) is 18.6 Å². The van der Waals surface area contributed by atoms with E-state index >= 15 is 0 Å². The number of aryl methyl sites for hydroxylation is 1. The molecule has 5 nitrogen and oxygen atoms in total. The number of hydrogen-bond acceptors (Lipinski definition) is 4. The lowest BCUT2D eigenvalue weighted by molar-refractivity contribution is 0.0687. The van der Waals surface area contributed by atoms with Crippen LogP contribution in [0.15, 0.2) is 41.6 Å². The molecule has 19 heavy (non-hydrogen) atoms. The van der Waals surface area contributed by atoms with Gasteiger partial charge in [-0.15, -0.1) is 11.8 Å². The highest BCUT2D eigenvalue weighted by atomic mass is 32.2. The van der Waals surface area contributed by atoms with Crippen molar-refractivity contribution in [3.63, 3.8) is 0 Å². The van der Waals surface area contributed by atoms with Gasteiger partial charge in [-0.25, -0.2) is 9.78 Å². The fraction of sp³-hybridized carbons (Fsp3) is 0.231. The number of carboxylic acid groups (broad SMARTS) is 1. The molecule has 0 radical (unpaired) electrons. The van der Waals surface area contributed by atoms with Gasteiger partial charge >= 0.3 is 5.97 Å². The van der Waals surface area contributed by atoms with E-state index in [-0.39, 0.29) is 12.3 Å². The fourth-order valence-electron chi connectivity index (χ4n) is 1.72. The van der Waals surface area contributed by atoms with Crippen LogP contribution in [-0.2, 0) is 13.2 Å². The molecule has 0 saturated heterocycles. The van der Waals surface area contributed by atoms with Gasteiger partial charge in [-0.05, 0) is 12.1 Å². The van der Waals surface area contributed by atoms with E-state index in [2.05, 4.69) is 4.98 Å². The molecule has 0 atom stereocenters. The van der Waals surface area contributed by atoms with Gasteiger partial charge in [-0.3, -0.25) is 0 Å². The molecular weight excluding hydrogens is 264 g/mol. The lowest BCUT2D eigenvalue weighted by atomic mass is 10.3. The van der Waals surface area contributed by atoms with Crippen LogP contribution in [0.25, 0.3) is 0 Å². The maximum absolute atomic E-state index is 10.9. The van der Waals surface area contributed by atoms with Crippen LogP contribution < -0.4 is 0 Å². The van der Waals surface area contributed by atoms with Crippen LogP contribution in [-0.4, -0.2) is 31.5 Å². The van der Waals surface area contributed by atoms with Crippen molar-refractivity contribution in [3.8, 4) is 0 Å². The van der Waals surface area contributed by atoms with Crippen molar-refractivity contribution in [3.05, 3.63) is 48.0 Å². The van der Waals surface area contributed by atoms with Crippen LogP contribution >= 0.6 is 11.8 Å². The highest BCUT2D eigenvalue weighted by Gasteiger charge is 2.15. The molecule has 0 unspecified atom stereocenters. The zero-order valence-corrected chi connectivity index (χ0v) is 11.0. The summed E-state index contributed by atoms with van der Waals surface area (Å²) < 4.78 is 1.68. The topological polar surface area (TPSA) is 75.3 Å². The number of rotatable bonds is 6. The van der Waals surface area contributed by atoms with Crippen molar-refractivity contribution in [1.29, 1.82) is 0 Å². The quantitative estimate of drug-likeness (QED) is 0.789. The number of carboxylic acids is 1. The molecule has 1 aromatic carbocycles. The molecule has 0 spiro atoms. The van der Waals surface area contributed by atoms with Crippen LogP contribution in [0.2, 0.25) is 0 Å². The van der Waals surface area contributed by atoms with Crippen LogP contribution in [0, 0.1) is 0 Å². The van der Waals surface area contributed by atoms with E-state index < -0.39 is 5.97 Å². The van der Waals surface area contributed by atoms with E-state index in [1.54, 1.807) is 16.3 Å². The molecule has 1 heterocycles. The zero-order chi connectivity index (χ0) is 13.7. The normalized spacial score (nSPS) is 10.6. The third kappa shape index (κ3) is 3.36. The number of hydrogen-bond donors (Lipinski definition) is 2. The van der Waals surface area contributed by atoms with Crippen molar-refractivity contribution < 1.29 is 15.0 Å². The van der Waals surface area contributed by atoms with Gasteiger partial charge in [0.25, 0.3) is 0 Å². The summed E-state index contributed by atoms with van der Waals surface area (Å²) in [4.78, 5) is 15.9. The van der Waals surface area contributed by atoms with Gasteiger partial charge in [0.15, 0.2) is 5.69 Å². The lowest BCUT2D eigenvalue weighted by Crippen LogP contribution is -2.08. The summed E-state index contributed by atoms with van der Waals surface area (Å²) in [6.45, 7) is 0.285. The van der Waals surface area contributed by atoms with Crippen molar-refractivity contribution >= 4 is 17.7 Å². The van der Waals surface area contributed by atoms with Gasteiger partial charge in [0, 0.05) is 17.2 Å². The Morgan fingerprint density at radius 3 is 2.68 bits per heavy atom. The first kappa shape index (κ1) is 13.6. The number of aliphatic hydroxyl groups excluding tert-OH is 1. The molecule has 2 aromatic rings. The first-order chi connectivity index (χ1) is 9.22.